The standard InChI is InChI=1S/C21H15FN2O4S/c1-12(19(25)23-14-7-3-2-6-13(14)22)27-21(26)17-11-10-16(28-17)20-24-15-8-4-5-9-18(15)29-20/h2-12H,1H3,(H,23,25)/t12-/m0/s1. The molecule has 0 unspecified atom stereocenters. The largest absolute Gasteiger partial charge is 0.447 e. The highest BCUT2D eigenvalue weighted by Gasteiger charge is 2.22. The minimum Gasteiger partial charge on any atom is -0.447 e. The summed E-state index contributed by atoms with van der Waals surface area (Å²) in [5, 5.41) is 3.02. The van der Waals surface area contributed by atoms with Gasteiger partial charge in [0.05, 0.1) is 15.9 Å². The summed E-state index contributed by atoms with van der Waals surface area (Å²) in [5.41, 5.74) is 0.850. The average Bonchev–Trinajstić information content (AvgIpc) is 3.36. The number of carbonyl (C=O) groups is 2. The smallest absolute Gasteiger partial charge is 0.375 e. The molecule has 2 aromatic heterocycles. The fourth-order valence-electron chi connectivity index (χ4n) is 2.61. The normalized spacial score (nSPS) is 11.9. The van der Waals surface area contributed by atoms with Gasteiger partial charge in [-0.15, -0.1) is 11.3 Å². The number of benzene rings is 2. The Labute approximate surface area is 168 Å². The van der Waals surface area contributed by atoms with Crippen LogP contribution in [0.3, 0.4) is 0 Å². The number of amides is 1. The molecule has 29 heavy (non-hydrogen) atoms. The van der Waals surface area contributed by atoms with Gasteiger partial charge in [0.2, 0.25) is 5.76 Å². The second-order valence-corrected chi connectivity index (χ2v) is 7.20. The minimum atomic E-state index is -1.14. The lowest BCUT2D eigenvalue weighted by molar-refractivity contribution is -0.123. The number of furan rings is 1. The van der Waals surface area contributed by atoms with Crippen molar-refractivity contribution in [2.75, 3.05) is 5.32 Å². The minimum absolute atomic E-state index is 0.0107. The number of esters is 1. The Balaban J connectivity index is 1.43. The molecule has 1 atom stereocenters. The number of halogens is 1. The van der Waals surface area contributed by atoms with E-state index in [1.165, 1.54) is 42.5 Å². The zero-order valence-electron chi connectivity index (χ0n) is 15.2. The molecule has 2 aromatic carbocycles. The third kappa shape index (κ3) is 4.02. The van der Waals surface area contributed by atoms with Crippen LogP contribution in [-0.4, -0.2) is 23.0 Å². The third-order valence-electron chi connectivity index (χ3n) is 4.10. The van der Waals surface area contributed by atoms with Crippen molar-refractivity contribution in [1.29, 1.82) is 0 Å². The molecular formula is C21H15FN2O4S. The number of carbonyl (C=O) groups excluding carboxylic acids is 2. The first-order valence-corrected chi connectivity index (χ1v) is 9.55. The van der Waals surface area contributed by atoms with Crippen LogP contribution < -0.4 is 5.32 Å². The first kappa shape index (κ1) is 18.8. The molecule has 0 saturated heterocycles. The number of ether oxygens (including phenoxy) is 1. The Morgan fingerprint density at radius 3 is 2.66 bits per heavy atom. The maximum absolute atomic E-state index is 13.6. The topological polar surface area (TPSA) is 81.4 Å². The molecule has 2 heterocycles. The van der Waals surface area contributed by atoms with Crippen LogP contribution in [0, 0.1) is 5.82 Å². The van der Waals surface area contributed by atoms with Crippen molar-refractivity contribution in [3.63, 3.8) is 0 Å². The van der Waals surface area contributed by atoms with E-state index in [2.05, 4.69) is 10.3 Å². The number of anilines is 1. The van der Waals surface area contributed by atoms with Crippen LogP contribution >= 0.6 is 11.3 Å². The average molecular weight is 410 g/mol. The Bertz CT molecular complexity index is 1170. The molecule has 4 rings (SSSR count). The number of nitrogens with one attached hydrogen (secondary N) is 1. The van der Waals surface area contributed by atoms with Crippen LogP contribution in [0.5, 0.6) is 0 Å². The number of para-hydroxylation sites is 2. The van der Waals surface area contributed by atoms with E-state index in [0.717, 1.165) is 10.2 Å². The highest BCUT2D eigenvalue weighted by atomic mass is 32.1. The van der Waals surface area contributed by atoms with Gasteiger partial charge in [-0.3, -0.25) is 4.79 Å². The molecule has 0 aliphatic heterocycles. The van der Waals surface area contributed by atoms with E-state index in [9.17, 15) is 14.0 Å². The molecule has 0 bridgehead atoms. The number of hydrogen-bond donors (Lipinski definition) is 1. The van der Waals surface area contributed by atoms with Gasteiger partial charge in [-0.2, -0.15) is 0 Å². The SMILES string of the molecule is C[C@H](OC(=O)c1ccc(-c2nc3ccccc3s2)o1)C(=O)Nc1ccccc1F. The maximum Gasteiger partial charge on any atom is 0.375 e. The van der Waals surface area contributed by atoms with Crippen LogP contribution in [0.2, 0.25) is 0 Å². The molecule has 6 nitrogen and oxygen atoms in total. The van der Waals surface area contributed by atoms with E-state index in [0.29, 0.717) is 10.8 Å². The fourth-order valence-corrected chi connectivity index (χ4v) is 3.54. The number of thiazole rings is 1. The highest BCUT2D eigenvalue weighted by molar-refractivity contribution is 7.21. The van der Waals surface area contributed by atoms with Gasteiger partial charge in [0.25, 0.3) is 5.91 Å². The summed E-state index contributed by atoms with van der Waals surface area (Å²) < 4.78 is 25.3. The Kier molecular flexibility index (Phi) is 5.09. The lowest BCUT2D eigenvalue weighted by atomic mass is 10.3. The molecule has 0 saturated carbocycles. The molecule has 1 amide bonds. The van der Waals surface area contributed by atoms with E-state index in [1.54, 1.807) is 12.1 Å². The summed E-state index contributed by atoms with van der Waals surface area (Å²) in [5.74, 6) is -1.65. The molecule has 0 spiro atoms. The van der Waals surface area contributed by atoms with Crippen molar-refractivity contribution in [1.82, 2.24) is 4.98 Å². The predicted octanol–water partition coefficient (Wildman–Crippen LogP) is 4.88. The van der Waals surface area contributed by atoms with Gasteiger partial charge in [0, 0.05) is 0 Å². The number of aromatic nitrogens is 1. The van der Waals surface area contributed by atoms with E-state index < -0.39 is 23.8 Å². The van der Waals surface area contributed by atoms with Gasteiger partial charge < -0.3 is 14.5 Å². The van der Waals surface area contributed by atoms with Crippen LogP contribution in [-0.2, 0) is 9.53 Å². The first-order chi connectivity index (χ1) is 14.0. The van der Waals surface area contributed by atoms with Crippen LogP contribution in [0.1, 0.15) is 17.5 Å². The van der Waals surface area contributed by atoms with Crippen LogP contribution in [0.4, 0.5) is 10.1 Å². The Hall–Kier alpha value is -3.52. The van der Waals surface area contributed by atoms with E-state index >= 15 is 0 Å². The van der Waals surface area contributed by atoms with Crippen molar-refractivity contribution in [2.45, 2.75) is 13.0 Å². The molecule has 0 fully saturated rings. The van der Waals surface area contributed by atoms with Crippen molar-refractivity contribution in [2.24, 2.45) is 0 Å². The third-order valence-corrected chi connectivity index (χ3v) is 5.15. The zero-order chi connectivity index (χ0) is 20.4. The lowest BCUT2D eigenvalue weighted by Gasteiger charge is -2.13. The number of fused-ring (bicyclic) bond motifs is 1. The molecule has 0 aliphatic carbocycles. The van der Waals surface area contributed by atoms with E-state index in [-0.39, 0.29) is 11.4 Å². The second kappa shape index (κ2) is 7.84. The summed E-state index contributed by atoms with van der Waals surface area (Å²) in [6.45, 7) is 1.39. The van der Waals surface area contributed by atoms with Crippen molar-refractivity contribution < 1.29 is 23.1 Å². The number of nitrogens with zero attached hydrogens (tertiary/aromatic N) is 1. The van der Waals surface area contributed by atoms with E-state index in [4.69, 9.17) is 9.15 Å². The fraction of sp³-hybridized carbons (Fsp3) is 0.0952. The Morgan fingerprint density at radius 2 is 1.86 bits per heavy atom. The molecular weight excluding hydrogens is 395 g/mol. The predicted molar refractivity (Wildman–Crippen MR) is 107 cm³/mol. The van der Waals surface area contributed by atoms with Crippen LogP contribution in [0.15, 0.2) is 65.1 Å². The van der Waals surface area contributed by atoms with Gasteiger partial charge in [-0.1, -0.05) is 24.3 Å². The summed E-state index contributed by atoms with van der Waals surface area (Å²) in [6.07, 6.45) is -1.14. The summed E-state index contributed by atoms with van der Waals surface area (Å²) >= 11 is 1.44. The maximum atomic E-state index is 13.6. The van der Waals surface area contributed by atoms with E-state index in [1.807, 2.05) is 24.3 Å². The van der Waals surface area contributed by atoms with Gasteiger partial charge >= 0.3 is 5.97 Å². The summed E-state index contributed by atoms with van der Waals surface area (Å²) in [7, 11) is 0. The lowest BCUT2D eigenvalue weighted by Crippen LogP contribution is -2.30. The first-order valence-electron chi connectivity index (χ1n) is 8.73. The van der Waals surface area contributed by atoms with Crippen molar-refractivity contribution in [3.8, 4) is 10.8 Å². The van der Waals surface area contributed by atoms with Crippen LogP contribution in [0.25, 0.3) is 21.0 Å². The summed E-state index contributed by atoms with van der Waals surface area (Å²) in [6, 6.07) is 16.5. The molecule has 0 aliphatic rings. The zero-order valence-corrected chi connectivity index (χ0v) is 16.0. The molecule has 1 N–H and O–H groups in total. The van der Waals surface area contributed by atoms with Gasteiger partial charge in [-0.05, 0) is 43.3 Å². The molecule has 0 radical (unpaired) electrons. The molecule has 146 valence electrons. The van der Waals surface area contributed by atoms with Gasteiger partial charge in [0.1, 0.15) is 5.82 Å². The quantitative estimate of drug-likeness (QED) is 0.474. The molecule has 4 aromatic rings. The van der Waals surface area contributed by atoms with Crippen molar-refractivity contribution >= 4 is 39.1 Å². The molecule has 8 heteroatoms. The van der Waals surface area contributed by atoms with Gasteiger partial charge in [0.15, 0.2) is 16.9 Å². The number of hydrogen-bond acceptors (Lipinski definition) is 6. The monoisotopic (exact) mass is 410 g/mol. The van der Waals surface area contributed by atoms with Crippen molar-refractivity contribution in [3.05, 3.63) is 72.2 Å². The highest BCUT2D eigenvalue weighted by Crippen LogP contribution is 2.31. The van der Waals surface area contributed by atoms with Gasteiger partial charge in [-0.25, -0.2) is 14.2 Å². The number of rotatable bonds is 5. The summed E-state index contributed by atoms with van der Waals surface area (Å²) in [4.78, 5) is 28.9. The second-order valence-electron chi connectivity index (χ2n) is 6.17. The Morgan fingerprint density at radius 1 is 1.10 bits per heavy atom.